The zero-order chi connectivity index (χ0) is 29.4. The fraction of sp³-hybridized carbons (Fsp3) is 0.414. The Morgan fingerprint density at radius 1 is 1.27 bits per heavy atom. The van der Waals surface area contributed by atoms with Crippen LogP contribution in [0.3, 0.4) is 0 Å². The molecule has 1 fully saturated rings. The molecular weight excluding hydrogens is 542 g/mol. The van der Waals surface area contributed by atoms with Crippen LogP contribution in [0.4, 0.5) is 10.5 Å². The van der Waals surface area contributed by atoms with E-state index < -0.39 is 34.7 Å². The highest BCUT2D eigenvalue weighted by molar-refractivity contribution is 7.17. The summed E-state index contributed by atoms with van der Waals surface area (Å²) in [6.07, 6.45) is 7.18. The molecule has 41 heavy (non-hydrogen) atoms. The van der Waals surface area contributed by atoms with Gasteiger partial charge in [-0.1, -0.05) is 6.07 Å². The number of carboxylic acids is 1. The number of fused-ring (bicyclic) bond motifs is 1. The van der Waals surface area contributed by atoms with Crippen molar-refractivity contribution in [2.75, 3.05) is 24.5 Å². The van der Waals surface area contributed by atoms with Crippen molar-refractivity contribution in [1.82, 2.24) is 25.9 Å². The Kier molecular flexibility index (Phi) is 7.58. The summed E-state index contributed by atoms with van der Waals surface area (Å²) in [4.78, 5) is 41.8. The number of carbonyl (C=O) groups excluding carboxylic acids is 1. The lowest BCUT2D eigenvalue weighted by atomic mass is 9.68. The van der Waals surface area contributed by atoms with Crippen molar-refractivity contribution in [2.24, 2.45) is 16.3 Å². The van der Waals surface area contributed by atoms with E-state index in [1.165, 1.54) is 11.3 Å². The summed E-state index contributed by atoms with van der Waals surface area (Å²) in [6.45, 7) is 8.21. The van der Waals surface area contributed by atoms with E-state index in [9.17, 15) is 19.8 Å². The van der Waals surface area contributed by atoms with Gasteiger partial charge in [-0.15, -0.1) is 11.3 Å². The molecule has 3 aromatic rings. The Morgan fingerprint density at radius 2 is 2.07 bits per heavy atom. The van der Waals surface area contributed by atoms with Gasteiger partial charge in [0.1, 0.15) is 0 Å². The van der Waals surface area contributed by atoms with Gasteiger partial charge in [0.15, 0.2) is 0 Å². The molecule has 5 rings (SSSR count). The molecule has 2 aliphatic heterocycles. The molecule has 0 bridgehead atoms. The van der Waals surface area contributed by atoms with Crippen LogP contribution in [0.5, 0.6) is 0 Å². The number of anilines is 1. The number of aliphatic hydroxyl groups is 1. The summed E-state index contributed by atoms with van der Waals surface area (Å²) in [5, 5.41) is 30.0. The Balaban J connectivity index is 1.69. The Morgan fingerprint density at radius 3 is 2.76 bits per heavy atom. The number of urea groups is 1. The van der Waals surface area contributed by atoms with E-state index in [-0.39, 0.29) is 0 Å². The number of carbonyl (C=O) groups is 2. The minimum absolute atomic E-state index is 0.322. The first-order chi connectivity index (χ1) is 19.5. The molecule has 216 valence electrons. The first-order valence-corrected chi connectivity index (χ1v) is 14.5. The van der Waals surface area contributed by atoms with Crippen molar-refractivity contribution < 1.29 is 19.8 Å². The molecule has 2 aromatic heterocycles. The third-order valence-corrected chi connectivity index (χ3v) is 8.82. The van der Waals surface area contributed by atoms with Crippen molar-refractivity contribution in [2.45, 2.75) is 45.5 Å². The van der Waals surface area contributed by atoms with E-state index in [0.29, 0.717) is 43.0 Å². The number of hydrogen-bond acceptors (Lipinski definition) is 9. The van der Waals surface area contributed by atoms with Crippen LogP contribution in [-0.2, 0) is 10.4 Å². The highest BCUT2D eigenvalue weighted by Gasteiger charge is 2.57. The first kappa shape index (κ1) is 28.7. The number of aliphatic imine (C=N–C) groups is 1. The molecule has 3 unspecified atom stereocenters. The highest BCUT2D eigenvalue weighted by atomic mass is 32.1. The predicted molar refractivity (Wildman–Crippen MR) is 160 cm³/mol. The van der Waals surface area contributed by atoms with Gasteiger partial charge in [0.2, 0.25) is 5.79 Å². The lowest BCUT2D eigenvalue weighted by molar-refractivity contribution is -0.155. The van der Waals surface area contributed by atoms with Gasteiger partial charge in [0.25, 0.3) is 0 Å². The molecule has 5 N–H and O–H groups in total. The average Bonchev–Trinajstić information content (AvgIpc) is 3.41. The van der Waals surface area contributed by atoms with Crippen molar-refractivity contribution in [3.05, 3.63) is 53.8 Å². The van der Waals surface area contributed by atoms with Crippen LogP contribution in [0.2, 0.25) is 0 Å². The SMILES string of the molecule is CCNC(=O)NC1(C2CNCCC2(C)C(=O)O)N=CC=CN1c1cc(-c2ccc(C(C)(C)O)cn2)c2scnc2c1. The molecule has 0 spiro atoms. The minimum atomic E-state index is -1.46. The maximum atomic E-state index is 13.1. The van der Waals surface area contributed by atoms with Crippen LogP contribution < -0.4 is 20.9 Å². The van der Waals surface area contributed by atoms with Gasteiger partial charge < -0.3 is 25.7 Å². The molecule has 1 saturated heterocycles. The molecular formula is C29H35N7O4S. The van der Waals surface area contributed by atoms with Crippen LogP contribution in [0.25, 0.3) is 21.5 Å². The summed E-state index contributed by atoms with van der Waals surface area (Å²) in [7, 11) is 0. The lowest BCUT2D eigenvalue weighted by Gasteiger charge is -2.52. The maximum Gasteiger partial charge on any atom is 0.318 e. The summed E-state index contributed by atoms with van der Waals surface area (Å²) in [5.74, 6) is -3.06. The van der Waals surface area contributed by atoms with Gasteiger partial charge in [0, 0.05) is 48.5 Å². The van der Waals surface area contributed by atoms with Gasteiger partial charge in [-0.2, -0.15) is 0 Å². The molecule has 1 aromatic carbocycles. The first-order valence-electron chi connectivity index (χ1n) is 13.6. The van der Waals surface area contributed by atoms with Gasteiger partial charge in [-0.05, 0) is 64.9 Å². The van der Waals surface area contributed by atoms with E-state index in [2.05, 4.69) is 25.9 Å². The number of allylic oxidation sites excluding steroid dienone is 1. The van der Waals surface area contributed by atoms with E-state index in [1.807, 2.05) is 36.1 Å². The number of nitrogens with zero attached hydrogens (tertiary/aromatic N) is 4. The second-order valence-electron chi connectivity index (χ2n) is 11.1. The highest BCUT2D eigenvalue weighted by Crippen LogP contribution is 2.46. The second-order valence-corrected chi connectivity index (χ2v) is 12.0. The largest absolute Gasteiger partial charge is 0.481 e. The molecule has 0 saturated carbocycles. The number of carboxylic acid groups (broad SMARTS) is 1. The number of hydrogen-bond donors (Lipinski definition) is 5. The topological polar surface area (TPSA) is 152 Å². The number of aromatic nitrogens is 2. The molecule has 0 radical (unpaired) electrons. The van der Waals surface area contributed by atoms with Gasteiger partial charge >= 0.3 is 12.0 Å². The van der Waals surface area contributed by atoms with Crippen LogP contribution in [0.15, 0.2) is 53.2 Å². The number of thiazole rings is 1. The van der Waals surface area contributed by atoms with Crippen molar-refractivity contribution >= 4 is 45.5 Å². The van der Waals surface area contributed by atoms with Crippen LogP contribution >= 0.6 is 11.3 Å². The standard InChI is InChI=1S/C29H35N7O4S/c1-5-31-26(39)35-29(23-16-30-11-9-28(23,4)25(37)38)34-10-6-12-36(29)19-13-20(24-22(14-19)33-17-41-24)21-8-7-18(15-32-21)27(2,3)40/h6-8,10,12-15,17,23,30,40H,5,9,11,16H2,1-4H3,(H,37,38)(H2,31,35,39). The average molecular weight is 578 g/mol. The normalized spacial score (nSPS) is 24.4. The Bertz CT molecular complexity index is 1510. The van der Waals surface area contributed by atoms with Crippen LogP contribution in [0.1, 0.15) is 39.7 Å². The monoisotopic (exact) mass is 577 g/mol. The summed E-state index contributed by atoms with van der Waals surface area (Å²) >= 11 is 1.49. The fourth-order valence-electron chi connectivity index (χ4n) is 5.58. The van der Waals surface area contributed by atoms with Crippen LogP contribution in [0, 0.1) is 11.3 Å². The van der Waals surface area contributed by atoms with Gasteiger partial charge in [-0.25, -0.2) is 14.8 Å². The number of pyridine rings is 1. The van der Waals surface area contributed by atoms with E-state index in [0.717, 1.165) is 15.8 Å². The van der Waals surface area contributed by atoms with E-state index >= 15 is 0 Å². The Labute approximate surface area is 242 Å². The number of rotatable bonds is 7. The molecule has 0 aliphatic carbocycles. The molecule has 2 amide bonds. The van der Waals surface area contributed by atoms with Crippen molar-refractivity contribution in [3.8, 4) is 11.3 Å². The zero-order valence-corrected chi connectivity index (χ0v) is 24.3. The number of piperidine rings is 1. The molecule has 12 heteroatoms. The smallest absolute Gasteiger partial charge is 0.318 e. The molecule has 4 heterocycles. The number of benzene rings is 1. The molecule has 3 atom stereocenters. The summed E-state index contributed by atoms with van der Waals surface area (Å²) in [5.41, 5.74) is 3.14. The second kappa shape index (κ2) is 10.8. The van der Waals surface area contributed by atoms with E-state index in [4.69, 9.17) is 4.99 Å². The predicted octanol–water partition coefficient (Wildman–Crippen LogP) is 3.66. The number of nitrogens with one attached hydrogen (secondary N) is 3. The van der Waals surface area contributed by atoms with Crippen LogP contribution in [-0.4, -0.2) is 63.8 Å². The fourth-order valence-corrected chi connectivity index (χ4v) is 6.38. The third kappa shape index (κ3) is 5.18. The number of amides is 2. The molecule has 11 nitrogen and oxygen atoms in total. The summed E-state index contributed by atoms with van der Waals surface area (Å²) in [6, 6.07) is 7.12. The maximum absolute atomic E-state index is 13.1. The number of aliphatic carboxylic acids is 1. The molecule has 2 aliphatic rings. The van der Waals surface area contributed by atoms with Crippen molar-refractivity contribution in [1.29, 1.82) is 0 Å². The third-order valence-electron chi connectivity index (χ3n) is 7.95. The lowest BCUT2D eigenvalue weighted by Crippen LogP contribution is -2.71. The van der Waals surface area contributed by atoms with E-state index in [1.54, 1.807) is 51.0 Å². The zero-order valence-electron chi connectivity index (χ0n) is 23.5. The Hall–Kier alpha value is -3.87. The summed E-state index contributed by atoms with van der Waals surface area (Å²) < 4.78 is 0.929. The van der Waals surface area contributed by atoms with Crippen molar-refractivity contribution in [3.63, 3.8) is 0 Å². The minimum Gasteiger partial charge on any atom is -0.481 e. The van der Waals surface area contributed by atoms with Gasteiger partial charge in [0.05, 0.1) is 38.4 Å². The van der Waals surface area contributed by atoms with Gasteiger partial charge in [-0.3, -0.25) is 15.1 Å². The quantitative estimate of drug-likeness (QED) is 0.285.